The number of likely N-dealkylation sites (tertiary alicyclic amines) is 1. The molecule has 0 radical (unpaired) electrons. The standard InChI is InChI=1S/C16H17NO3/c18-16(20-11-13-5-2-1-3-6-13)17-9-4-7-15(17)14-8-10-19-12-14/h1-3,5-6,8,10,12,15H,4,7,9,11H2/t15-/m0/s1. The van der Waals surface area contributed by atoms with Crippen molar-refractivity contribution in [3.63, 3.8) is 0 Å². The maximum absolute atomic E-state index is 12.2. The van der Waals surface area contributed by atoms with E-state index in [1.165, 1.54) is 0 Å². The van der Waals surface area contributed by atoms with Gasteiger partial charge in [0.2, 0.25) is 0 Å². The van der Waals surface area contributed by atoms with Crippen LogP contribution in [0.2, 0.25) is 0 Å². The number of hydrogen-bond acceptors (Lipinski definition) is 3. The molecule has 2 heterocycles. The maximum Gasteiger partial charge on any atom is 0.410 e. The van der Waals surface area contributed by atoms with Gasteiger partial charge in [0.25, 0.3) is 0 Å². The first-order chi connectivity index (χ1) is 9.84. The van der Waals surface area contributed by atoms with Crippen LogP contribution in [-0.2, 0) is 11.3 Å². The SMILES string of the molecule is O=C(OCc1ccccc1)N1CCC[C@H]1c1ccoc1. The zero-order valence-corrected chi connectivity index (χ0v) is 11.2. The number of carbonyl (C=O) groups excluding carboxylic acids is 1. The number of nitrogens with zero attached hydrogens (tertiary/aromatic N) is 1. The molecule has 20 heavy (non-hydrogen) atoms. The third-order valence-electron chi connectivity index (χ3n) is 3.62. The molecule has 4 heteroatoms. The molecule has 3 rings (SSSR count). The summed E-state index contributed by atoms with van der Waals surface area (Å²) in [6, 6.07) is 11.7. The molecule has 0 aliphatic carbocycles. The lowest BCUT2D eigenvalue weighted by molar-refractivity contribution is 0.0920. The lowest BCUT2D eigenvalue weighted by atomic mass is 10.1. The van der Waals surface area contributed by atoms with E-state index < -0.39 is 0 Å². The minimum absolute atomic E-state index is 0.0806. The van der Waals surface area contributed by atoms with E-state index in [2.05, 4.69) is 0 Å². The summed E-state index contributed by atoms with van der Waals surface area (Å²) in [6.07, 6.45) is 5.04. The van der Waals surface area contributed by atoms with Gasteiger partial charge < -0.3 is 14.1 Å². The van der Waals surface area contributed by atoms with Crippen LogP contribution in [0.1, 0.15) is 30.0 Å². The normalized spacial score (nSPS) is 18.2. The fourth-order valence-corrected chi connectivity index (χ4v) is 2.60. The molecule has 2 aromatic rings. The van der Waals surface area contributed by atoms with Crippen LogP contribution in [0.4, 0.5) is 4.79 Å². The Morgan fingerprint density at radius 1 is 1.30 bits per heavy atom. The molecule has 1 saturated heterocycles. The fraction of sp³-hybridized carbons (Fsp3) is 0.312. The molecular weight excluding hydrogens is 254 g/mol. The van der Waals surface area contributed by atoms with Crippen LogP contribution in [0.25, 0.3) is 0 Å². The summed E-state index contributed by atoms with van der Waals surface area (Å²) in [5.74, 6) is 0. The lowest BCUT2D eigenvalue weighted by Crippen LogP contribution is -2.30. The Hall–Kier alpha value is -2.23. The Balaban J connectivity index is 1.62. The summed E-state index contributed by atoms with van der Waals surface area (Å²) >= 11 is 0. The van der Waals surface area contributed by atoms with E-state index in [0.717, 1.165) is 30.5 Å². The van der Waals surface area contributed by atoms with E-state index in [1.807, 2.05) is 36.4 Å². The van der Waals surface area contributed by atoms with E-state index >= 15 is 0 Å². The van der Waals surface area contributed by atoms with Crippen molar-refractivity contribution in [1.82, 2.24) is 4.90 Å². The number of ether oxygens (including phenoxy) is 1. The molecule has 1 aliphatic heterocycles. The number of benzene rings is 1. The Kier molecular flexibility index (Phi) is 3.72. The number of hydrogen-bond donors (Lipinski definition) is 0. The highest BCUT2D eigenvalue weighted by Crippen LogP contribution is 2.32. The van der Waals surface area contributed by atoms with Crippen molar-refractivity contribution in [3.8, 4) is 0 Å². The second-order valence-corrected chi connectivity index (χ2v) is 4.95. The van der Waals surface area contributed by atoms with Gasteiger partial charge in [-0.2, -0.15) is 0 Å². The highest BCUT2D eigenvalue weighted by atomic mass is 16.6. The van der Waals surface area contributed by atoms with Gasteiger partial charge in [-0.15, -0.1) is 0 Å². The highest BCUT2D eigenvalue weighted by molar-refractivity contribution is 5.68. The van der Waals surface area contributed by atoms with Gasteiger partial charge >= 0.3 is 6.09 Å². The number of furan rings is 1. The van der Waals surface area contributed by atoms with Gasteiger partial charge in [0.1, 0.15) is 6.61 Å². The van der Waals surface area contributed by atoms with Crippen LogP contribution < -0.4 is 0 Å². The van der Waals surface area contributed by atoms with Crippen LogP contribution in [0.5, 0.6) is 0 Å². The highest BCUT2D eigenvalue weighted by Gasteiger charge is 2.31. The molecule has 0 bridgehead atoms. The average Bonchev–Trinajstić information content (AvgIpc) is 3.15. The van der Waals surface area contributed by atoms with Gasteiger partial charge in [-0.1, -0.05) is 30.3 Å². The van der Waals surface area contributed by atoms with E-state index in [-0.39, 0.29) is 12.1 Å². The van der Waals surface area contributed by atoms with Crippen LogP contribution in [0.15, 0.2) is 53.3 Å². The largest absolute Gasteiger partial charge is 0.472 e. The van der Waals surface area contributed by atoms with Crippen molar-refractivity contribution < 1.29 is 13.9 Å². The fourth-order valence-electron chi connectivity index (χ4n) is 2.60. The minimum Gasteiger partial charge on any atom is -0.472 e. The lowest BCUT2D eigenvalue weighted by Gasteiger charge is -2.23. The molecule has 0 spiro atoms. The zero-order chi connectivity index (χ0) is 13.8. The van der Waals surface area contributed by atoms with Crippen molar-refractivity contribution in [2.45, 2.75) is 25.5 Å². The summed E-state index contributed by atoms with van der Waals surface area (Å²) in [6.45, 7) is 1.05. The van der Waals surface area contributed by atoms with E-state index in [0.29, 0.717) is 6.61 Å². The monoisotopic (exact) mass is 271 g/mol. The van der Waals surface area contributed by atoms with Crippen molar-refractivity contribution in [2.24, 2.45) is 0 Å². The molecule has 0 saturated carbocycles. The second-order valence-electron chi connectivity index (χ2n) is 4.95. The predicted octanol–water partition coefficient (Wildman–Crippen LogP) is 3.75. The average molecular weight is 271 g/mol. The Labute approximate surface area is 118 Å². The summed E-state index contributed by atoms with van der Waals surface area (Å²) in [5.41, 5.74) is 2.04. The van der Waals surface area contributed by atoms with Crippen LogP contribution >= 0.6 is 0 Å². The first-order valence-corrected chi connectivity index (χ1v) is 6.84. The molecule has 1 atom stereocenters. The minimum atomic E-state index is -0.252. The summed E-state index contributed by atoms with van der Waals surface area (Å²) in [4.78, 5) is 14.0. The Morgan fingerprint density at radius 2 is 2.15 bits per heavy atom. The van der Waals surface area contributed by atoms with Crippen molar-refractivity contribution in [2.75, 3.05) is 6.54 Å². The quantitative estimate of drug-likeness (QED) is 0.853. The van der Waals surface area contributed by atoms with E-state index in [9.17, 15) is 4.79 Å². The number of rotatable bonds is 3. The van der Waals surface area contributed by atoms with Crippen LogP contribution in [-0.4, -0.2) is 17.5 Å². The van der Waals surface area contributed by atoms with Crippen molar-refractivity contribution >= 4 is 6.09 Å². The van der Waals surface area contributed by atoms with Crippen molar-refractivity contribution in [1.29, 1.82) is 0 Å². The van der Waals surface area contributed by atoms with Crippen LogP contribution in [0, 0.1) is 0 Å². The molecule has 1 fully saturated rings. The molecule has 0 N–H and O–H groups in total. The van der Waals surface area contributed by atoms with Gasteiger partial charge in [0.05, 0.1) is 18.6 Å². The molecule has 1 aromatic heterocycles. The van der Waals surface area contributed by atoms with Gasteiger partial charge in [0, 0.05) is 12.1 Å². The third-order valence-corrected chi connectivity index (χ3v) is 3.62. The Bertz CT molecular complexity index is 550. The van der Waals surface area contributed by atoms with Gasteiger partial charge in [0.15, 0.2) is 0 Å². The predicted molar refractivity (Wildman–Crippen MR) is 74.0 cm³/mol. The summed E-state index contributed by atoms with van der Waals surface area (Å²) in [7, 11) is 0. The molecule has 4 nitrogen and oxygen atoms in total. The topological polar surface area (TPSA) is 42.7 Å². The van der Waals surface area contributed by atoms with Crippen molar-refractivity contribution in [3.05, 3.63) is 60.1 Å². The molecule has 1 amide bonds. The second kappa shape index (κ2) is 5.82. The molecule has 104 valence electrons. The number of carbonyl (C=O) groups is 1. The maximum atomic E-state index is 12.2. The first-order valence-electron chi connectivity index (χ1n) is 6.84. The molecule has 0 unspecified atom stereocenters. The van der Waals surface area contributed by atoms with E-state index in [4.69, 9.17) is 9.15 Å². The van der Waals surface area contributed by atoms with Gasteiger partial charge in [-0.25, -0.2) is 4.79 Å². The molecule has 1 aromatic carbocycles. The van der Waals surface area contributed by atoms with Gasteiger partial charge in [-0.05, 0) is 24.5 Å². The summed E-state index contributed by atoms with van der Waals surface area (Å²) in [5, 5.41) is 0. The van der Waals surface area contributed by atoms with Crippen LogP contribution in [0.3, 0.4) is 0 Å². The Morgan fingerprint density at radius 3 is 2.90 bits per heavy atom. The first kappa shape index (κ1) is 12.8. The zero-order valence-electron chi connectivity index (χ0n) is 11.2. The molecule has 1 aliphatic rings. The number of amides is 1. The van der Waals surface area contributed by atoms with Gasteiger partial charge in [-0.3, -0.25) is 0 Å². The third kappa shape index (κ3) is 2.69. The molecular formula is C16H17NO3. The van der Waals surface area contributed by atoms with E-state index in [1.54, 1.807) is 17.4 Å². The summed E-state index contributed by atoms with van der Waals surface area (Å²) < 4.78 is 10.5. The smallest absolute Gasteiger partial charge is 0.410 e.